The Morgan fingerprint density at radius 1 is 0.286 bits per heavy atom. The summed E-state index contributed by atoms with van der Waals surface area (Å²) in [5.41, 5.74) is 16.3. The van der Waals surface area contributed by atoms with Gasteiger partial charge < -0.3 is 9.47 Å². The highest BCUT2D eigenvalue weighted by atomic mass is 32.1. The van der Waals surface area contributed by atoms with Crippen molar-refractivity contribution >= 4 is 70.4 Å². The van der Waals surface area contributed by atoms with Crippen molar-refractivity contribution in [3.63, 3.8) is 0 Å². The van der Waals surface area contributed by atoms with Crippen molar-refractivity contribution in [2.75, 3.05) is 4.90 Å². The molecule has 0 amide bonds. The van der Waals surface area contributed by atoms with Crippen LogP contribution in [0.1, 0.15) is 0 Å². The molecule has 0 saturated heterocycles. The Balaban J connectivity index is 0.994. The van der Waals surface area contributed by atoms with Crippen molar-refractivity contribution in [2.45, 2.75) is 0 Å². The number of hydrogen-bond donors (Lipinski definition) is 0. The molecule has 2 heterocycles. The van der Waals surface area contributed by atoms with Gasteiger partial charge in [-0.15, -0.1) is 11.3 Å². The molecular weight excluding hydrogens is 781 g/mol. The van der Waals surface area contributed by atoms with Gasteiger partial charge in [-0.2, -0.15) is 0 Å². The lowest BCUT2D eigenvalue weighted by Crippen LogP contribution is -2.10. The standard InChI is InChI=1S/C60H40N2S/c1-3-15-41(16-4-1)46-37-47(42-17-5-2-6-18-42)39-50(38-46)61(48-32-27-43(28-33-48)45-31-36-55-54-22-10-14-26-59(54)63-60(55)40-45)49-34-29-44(30-35-49)51-19-7-11-23-56(51)62-57-24-12-8-20-52(57)53-21-9-13-25-58(53)62/h1-40H. The van der Waals surface area contributed by atoms with E-state index in [0.29, 0.717) is 0 Å². The van der Waals surface area contributed by atoms with Gasteiger partial charge in [0.15, 0.2) is 0 Å². The van der Waals surface area contributed by atoms with Crippen LogP contribution in [0, 0.1) is 0 Å². The lowest BCUT2D eigenvalue weighted by Gasteiger charge is -2.27. The van der Waals surface area contributed by atoms with Gasteiger partial charge in [-0.05, 0) is 112 Å². The first kappa shape index (κ1) is 36.8. The molecule has 0 aliphatic heterocycles. The molecule has 2 aromatic heterocycles. The monoisotopic (exact) mass is 820 g/mol. The summed E-state index contributed by atoms with van der Waals surface area (Å²) in [5.74, 6) is 0. The number of hydrogen-bond acceptors (Lipinski definition) is 2. The Labute approximate surface area is 370 Å². The number of anilines is 3. The Hall–Kier alpha value is -7.98. The van der Waals surface area contributed by atoms with Gasteiger partial charge in [0.25, 0.3) is 0 Å². The molecule has 0 N–H and O–H groups in total. The molecule has 3 heteroatoms. The molecule has 0 aliphatic rings. The second kappa shape index (κ2) is 15.5. The maximum absolute atomic E-state index is 2.42. The first-order valence-electron chi connectivity index (χ1n) is 21.5. The minimum absolute atomic E-state index is 1.08. The molecule has 0 radical (unpaired) electrons. The predicted octanol–water partition coefficient (Wildman–Crippen LogP) is 17.3. The number of rotatable bonds is 8. The van der Waals surface area contributed by atoms with Crippen molar-refractivity contribution < 1.29 is 0 Å². The minimum Gasteiger partial charge on any atom is -0.310 e. The van der Waals surface area contributed by atoms with Crippen LogP contribution in [-0.2, 0) is 0 Å². The summed E-state index contributed by atoms with van der Waals surface area (Å²) in [6.07, 6.45) is 0. The number of thiophene rings is 1. The van der Waals surface area contributed by atoms with E-state index in [0.717, 1.165) is 28.3 Å². The van der Waals surface area contributed by atoms with Crippen molar-refractivity contribution in [1.29, 1.82) is 0 Å². The third-order valence-electron chi connectivity index (χ3n) is 12.4. The van der Waals surface area contributed by atoms with E-state index in [4.69, 9.17) is 0 Å². The van der Waals surface area contributed by atoms with Gasteiger partial charge >= 0.3 is 0 Å². The summed E-state index contributed by atoms with van der Waals surface area (Å²) in [7, 11) is 0. The Morgan fingerprint density at radius 2 is 0.762 bits per heavy atom. The highest BCUT2D eigenvalue weighted by Crippen LogP contribution is 2.43. The van der Waals surface area contributed by atoms with E-state index in [-0.39, 0.29) is 0 Å². The van der Waals surface area contributed by atoms with Crippen LogP contribution in [0.3, 0.4) is 0 Å². The maximum atomic E-state index is 2.42. The quantitative estimate of drug-likeness (QED) is 0.148. The van der Waals surface area contributed by atoms with Crippen LogP contribution >= 0.6 is 11.3 Å². The van der Waals surface area contributed by atoms with Crippen LogP contribution in [0.5, 0.6) is 0 Å². The first-order chi connectivity index (χ1) is 31.2. The van der Waals surface area contributed by atoms with Crippen molar-refractivity contribution in [3.8, 4) is 50.2 Å². The molecule has 0 saturated carbocycles. The Kier molecular flexibility index (Phi) is 9.06. The lowest BCUT2D eigenvalue weighted by atomic mass is 9.97. The van der Waals surface area contributed by atoms with Crippen LogP contribution in [0.25, 0.3) is 92.2 Å². The normalized spacial score (nSPS) is 11.5. The van der Waals surface area contributed by atoms with Gasteiger partial charge in [0, 0.05) is 53.6 Å². The smallest absolute Gasteiger partial charge is 0.0541 e. The zero-order valence-electron chi connectivity index (χ0n) is 34.4. The molecule has 12 rings (SSSR count). The summed E-state index contributed by atoms with van der Waals surface area (Å²) < 4.78 is 5.05. The largest absolute Gasteiger partial charge is 0.310 e. The Morgan fingerprint density at radius 3 is 1.40 bits per heavy atom. The predicted molar refractivity (Wildman–Crippen MR) is 270 cm³/mol. The van der Waals surface area contributed by atoms with Crippen molar-refractivity contribution in [3.05, 3.63) is 243 Å². The van der Waals surface area contributed by atoms with E-state index >= 15 is 0 Å². The molecule has 0 unspecified atom stereocenters. The average Bonchev–Trinajstić information content (AvgIpc) is 3.90. The second-order valence-electron chi connectivity index (χ2n) is 16.1. The van der Waals surface area contributed by atoms with E-state index in [1.807, 2.05) is 11.3 Å². The second-order valence-corrected chi connectivity index (χ2v) is 17.2. The summed E-state index contributed by atoms with van der Waals surface area (Å²) in [6.45, 7) is 0. The fraction of sp³-hybridized carbons (Fsp3) is 0. The first-order valence-corrected chi connectivity index (χ1v) is 22.3. The number of para-hydroxylation sites is 3. The summed E-state index contributed by atoms with van der Waals surface area (Å²) in [6, 6.07) is 88.4. The molecule has 10 aromatic carbocycles. The van der Waals surface area contributed by atoms with Crippen LogP contribution in [0.4, 0.5) is 17.1 Å². The third kappa shape index (κ3) is 6.58. The summed E-state index contributed by atoms with van der Waals surface area (Å²) >= 11 is 1.86. The highest BCUT2D eigenvalue weighted by Gasteiger charge is 2.19. The van der Waals surface area contributed by atoms with E-state index in [2.05, 4.69) is 252 Å². The minimum atomic E-state index is 1.08. The van der Waals surface area contributed by atoms with Gasteiger partial charge in [-0.3, -0.25) is 0 Å². The molecular formula is C60H40N2S. The van der Waals surface area contributed by atoms with E-state index in [1.165, 1.54) is 80.9 Å². The number of nitrogens with zero attached hydrogens (tertiary/aromatic N) is 2. The fourth-order valence-electron chi connectivity index (χ4n) is 9.38. The Bertz CT molecular complexity index is 3490. The molecule has 296 valence electrons. The summed E-state index contributed by atoms with van der Waals surface area (Å²) in [5, 5.41) is 5.15. The number of benzene rings is 10. The highest BCUT2D eigenvalue weighted by molar-refractivity contribution is 7.25. The molecule has 0 bridgehead atoms. The lowest BCUT2D eigenvalue weighted by molar-refractivity contribution is 1.18. The average molecular weight is 821 g/mol. The van der Waals surface area contributed by atoms with Crippen LogP contribution < -0.4 is 4.90 Å². The zero-order valence-corrected chi connectivity index (χ0v) is 35.2. The molecule has 12 aromatic rings. The molecule has 0 atom stereocenters. The third-order valence-corrected chi connectivity index (χ3v) is 13.5. The SMILES string of the molecule is c1ccc(-c2cc(-c3ccccc3)cc(N(c3ccc(-c4ccc5c(c4)sc4ccccc45)cc3)c3ccc(-c4ccccc4-n4c5ccccc5c5ccccc54)cc3)c2)cc1. The van der Waals surface area contributed by atoms with E-state index in [9.17, 15) is 0 Å². The van der Waals surface area contributed by atoms with Crippen LogP contribution in [0.2, 0.25) is 0 Å². The fourth-order valence-corrected chi connectivity index (χ4v) is 10.5. The number of aromatic nitrogens is 1. The van der Waals surface area contributed by atoms with Crippen molar-refractivity contribution in [2.24, 2.45) is 0 Å². The molecule has 63 heavy (non-hydrogen) atoms. The van der Waals surface area contributed by atoms with Gasteiger partial charge in [-0.25, -0.2) is 0 Å². The van der Waals surface area contributed by atoms with E-state index in [1.54, 1.807) is 0 Å². The zero-order chi connectivity index (χ0) is 41.7. The maximum Gasteiger partial charge on any atom is 0.0541 e. The van der Waals surface area contributed by atoms with Gasteiger partial charge in [0.2, 0.25) is 0 Å². The molecule has 2 nitrogen and oxygen atoms in total. The van der Waals surface area contributed by atoms with Gasteiger partial charge in [0.1, 0.15) is 0 Å². The molecule has 0 aliphatic carbocycles. The van der Waals surface area contributed by atoms with E-state index < -0.39 is 0 Å². The molecule has 0 spiro atoms. The van der Waals surface area contributed by atoms with Crippen molar-refractivity contribution in [1.82, 2.24) is 4.57 Å². The van der Waals surface area contributed by atoms with Gasteiger partial charge in [-0.1, -0.05) is 170 Å². The van der Waals surface area contributed by atoms with Crippen LogP contribution in [-0.4, -0.2) is 4.57 Å². The van der Waals surface area contributed by atoms with Gasteiger partial charge in [0.05, 0.1) is 16.7 Å². The van der Waals surface area contributed by atoms with Crippen LogP contribution in [0.15, 0.2) is 243 Å². The molecule has 0 fully saturated rings. The topological polar surface area (TPSA) is 8.17 Å². The number of fused-ring (bicyclic) bond motifs is 6. The summed E-state index contributed by atoms with van der Waals surface area (Å²) in [4.78, 5) is 2.40.